The van der Waals surface area contributed by atoms with Crippen LogP contribution in [0.5, 0.6) is 5.75 Å². The van der Waals surface area contributed by atoms with Gasteiger partial charge in [-0.1, -0.05) is 0 Å². The number of fused-ring (bicyclic) bond motifs is 1. The number of aromatic nitrogens is 3. The van der Waals surface area contributed by atoms with Crippen LogP contribution >= 0.6 is 0 Å². The van der Waals surface area contributed by atoms with E-state index in [1.165, 1.54) is 6.07 Å². The largest absolute Gasteiger partial charge is 0.489 e. The van der Waals surface area contributed by atoms with E-state index >= 15 is 4.39 Å². The zero-order valence-electron chi connectivity index (χ0n) is 29.2. The number of carbonyl (C=O) groups excluding carboxylic acids is 1. The Bertz CT molecular complexity index is 1850. The fourth-order valence-electron chi connectivity index (χ4n) is 6.52. The molecule has 0 unspecified atom stereocenters. The minimum Gasteiger partial charge on any atom is -0.489 e. The van der Waals surface area contributed by atoms with Crippen LogP contribution in [0.4, 0.5) is 14.9 Å². The number of rotatable bonds is 11. The quantitative estimate of drug-likeness (QED) is 0.182. The van der Waals surface area contributed by atoms with E-state index in [1.807, 2.05) is 44.6 Å². The molecule has 2 aliphatic rings. The molecule has 4 heterocycles. The van der Waals surface area contributed by atoms with E-state index in [0.29, 0.717) is 29.6 Å². The first-order chi connectivity index (χ1) is 23.4. The number of ether oxygens (including phenoxy) is 2. The normalized spacial score (nSPS) is 16.6. The van der Waals surface area contributed by atoms with Crippen LogP contribution in [0.2, 0.25) is 0 Å². The maximum atomic E-state index is 15.5. The Morgan fingerprint density at radius 3 is 2.59 bits per heavy atom. The molecule has 11 heteroatoms. The summed E-state index contributed by atoms with van der Waals surface area (Å²) in [6, 6.07) is 11.7. The van der Waals surface area contributed by atoms with Crippen LogP contribution in [0, 0.1) is 19.7 Å². The lowest BCUT2D eigenvalue weighted by atomic mass is 10.0. The summed E-state index contributed by atoms with van der Waals surface area (Å²) in [5.74, 6) is -0.567. The zero-order chi connectivity index (χ0) is 34.7. The number of halogens is 1. The number of hydrogen-bond acceptors (Lipinski definition) is 8. The fraction of sp³-hybridized carbons (Fsp3) is 0.474. The third kappa shape index (κ3) is 8.75. The number of carbonyl (C=O) groups is 1. The van der Waals surface area contributed by atoms with Crippen molar-refractivity contribution >= 4 is 22.7 Å². The Labute approximate surface area is 287 Å². The maximum absolute atomic E-state index is 15.5. The van der Waals surface area contributed by atoms with E-state index in [1.54, 1.807) is 26.8 Å². The Balaban J connectivity index is 1.27. The van der Waals surface area contributed by atoms with Gasteiger partial charge < -0.3 is 24.3 Å². The molecular formula is C38H47FN6O4. The lowest BCUT2D eigenvalue weighted by molar-refractivity contribution is 0.0520. The summed E-state index contributed by atoms with van der Waals surface area (Å²) in [6.07, 6.45) is 9.20. The summed E-state index contributed by atoms with van der Waals surface area (Å²) in [7, 11) is 0. The standard InChI is InChI=1S/C38H47FN6O4/c1-25-8-9-30(20-42-25)43-15-6-7-31(24-43)44(21-27-12-13-40-26(2)17-27)22-28-23-45(29-10-11-29)34-19-35(33(39)18-32(34)36(28)46)48-16-14-41-37(47)49-38(3,4)5/h8-9,12-13,17-20,23,29,31H,6-7,10-11,14-16,21-22,24H2,1-5H3,(H,41,47)/t31-/m0/s1. The average Bonchev–Trinajstić information content (AvgIpc) is 3.90. The molecule has 6 rings (SSSR count). The highest BCUT2D eigenvalue weighted by molar-refractivity contribution is 5.81. The van der Waals surface area contributed by atoms with Gasteiger partial charge in [-0.25, -0.2) is 9.18 Å². The van der Waals surface area contributed by atoms with Gasteiger partial charge in [-0.3, -0.25) is 19.7 Å². The van der Waals surface area contributed by atoms with E-state index < -0.39 is 17.5 Å². The molecule has 3 aromatic heterocycles. The lowest BCUT2D eigenvalue weighted by Crippen LogP contribution is -2.48. The summed E-state index contributed by atoms with van der Waals surface area (Å²) in [6.45, 7) is 12.4. The molecule has 1 amide bonds. The third-order valence-electron chi connectivity index (χ3n) is 9.02. The highest BCUT2D eigenvalue weighted by Gasteiger charge is 2.30. The minimum absolute atomic E-state index is 0.0441. The molecule has 1 saturated carbocycles. The van der Waals surface area contributed by atoms with Crippen molar-refractivity contribution in [3.05, 3.63) is 93.5 Å². The predicted molar refractivity (Wildman–Crippen MR) is 189 cm³/mol. The Morgan fingerprint density at radius 2 is 1.88 bits per heavy atom. The Hall–Kier alpha value is -4.51. The van der Waals surface area contributed by atoms with Gasteiger partial charge in [0.2, 0.25) is 0 Å². The number of nitrogens with one attached hydrogen (secondary N) is 1. The molecule has 10 nitrogen and oxygen atoms in total. The minimum atomic E-state index is -0.619. The van der Waals surface area contributed by atoms with Crippen LogP contribution in [-0.2, 0) is 17.8 Å². The summed E-state index contributed by atoms with van der Waals surface area (Å²) >= 11 is 0. The highest BCUT2D eigenvalue weighted by atomic mass is 19.1. The van der Waals surface area contributed by atoms with Crippen molar-refractivity contribution in [3.63, 3.8) is 0 Å². The van der Waals surface area contributed by atoms with Crippen LogP contribution in [0.25, 0.3) is 10.9 Å². The van der Waals surface area contributed by atoms with E-state index in [2.05, 4.69) is 41.8 Å². The Kier molecular flexibility index (Phi) is 10.2. The van der Waals surface area contributed by atoms with Crippen molar-refractivity contribution in [2.45, 2.75) is 91.1 Å². The number of anilines is 1. The van der Waals surface area contributed by atoms with E-state index in [-0.39, 0.29) is 36.4 Å². The molecule has 0 bridgehead atoms. The summed E-state index contributed by atoms with van der Waals surface area (Å²) in [5.41, 5.74) is 4.69. The number of amides is 1. The second-order valence-corrected chi connectivity index (χ2v) is 14.3. The summed E-state index contributed by atoms with van der Waals surface area (Å²) in [5, 5.41) is 2.97. The topological polar surface area (TPSA) is 102 Å². The first-order valence-corrected chi connectivity index (χ1v) is 17.2. The van der Waals surface area contributed by atoms with E-state index in [0.717, 1.165) is 61.4 Å². The number of alkyl carbamates (subject to hydrolysis) is 1. The molecule has 1 saturated heterocycles. The van der Waals surface area contributed by atoms with Crippen molar-refractivity contribution < 1.29 is 18.7 Å². The molecule has 260 valence electrons. The second-order valence-electron chi connectivity index (χ2n) is 14.3. The molecule has 4 aromatic rings. The first-order valence-electron chi connectivity index (χ1n) is 17.2. The first kappa shape index (κ1) is 34.4. The number of piperidine rings is 1. The molecule has 2 fully saturated rings. The van der Waals surface area contributed by atoms with Gasteiger partial charge in [0.05, 0.1) is 23.9 Å². The van der Waals surface area contributed by atoms with Crippen molar-refractivity contribution in [1.29, 1.82) is 0 Å². The van der Waals surface area contributed by atoms with Gasteiger partial charge in [-0.05, 0) is 96.2 Å². The lowest BCUT2D eigenvalue weighted by Gasteiger charge is -2.40. The number of pyridine rings is 3. The molecule has 0 radical (unpaired) electrons. The van der Waals surface area contributed by atoms with Crippen molar-refractivity contribution in [3.8, 4) is 5.75 Å². The third-order valence-corrected chi connectivity index (χ3v) is 9.02. The monoisotopic (exact) mass is 670 g/mol. The molecule has 1 N–H and O–H groups in total. The van der Waals surface area contributed by atoms with Crippen molar-refractivity contribution in [2.75, 3.05) is 31.1 Å². The predicted octanol–water partition coefficient (Wildman–Crippen LogP) is 6.46. The highest BCUT2D eigenvalue weighted by Crippen LogP contribution is 2.38. The molecule has 1 aliphatic heterocycles. The molecule has 49 heavy (non-hydrogen) atoms. The number of nitrogens with zero attached hydrogens (tertiary/aromatic N) is 5. The van der Waals surface area contributed by atoms with Gasteiger partial charge in [0.1, 0.15) is 12.2 Å². The van der Waals surface area contributed by atoms with Crippen LogP contribution < -0.4 is 20.4 Å². The molecule has 1 atom stereocenters. The van der Waals surface area contributed by atoms with E-state index in [9.17, 15) is 9.59 Å². The molecule has 1 aliphatic carbocycles. The fourth-order valence-corrected chi connectivity index (χ4v) is 6.52. The SMILES string of the molecule is Cc1ccc(N2CCC[C@H](N(Cc3ccnc(C)c3)Cc3cn(C4CC4)c4cc(OCCNC(=O)OC(C)(C)C)c(F)cc4c3=O)C2)cn1. The average molecular weight is 671 g/mol. The van der Waals surface area contributed by atoms with Crippen LogP contribution in [0.1, 0.15) is 75.0 Å². The van der Waals surface area contributed by atoms with Gasteiger partial charge in [-0.15, -0.1) is 0 Å². The van der Waals surface area contributed by atoms with Crippen LogP contribution in [0.3, 0.4) is 0 Å². The van der Waals surface area contributed by atoms with Crippen molar-refractivity contribution in [2.24, 2.45) is 0 Å². The van der Waals surface area contributed by atoms with Gasteiger partial charge in [0.25, 0.3) is 0 Å². The summed E-state index contributed by atoms with van der Waals surface area (Å²) in [4.78, 5) is 39.8. The molecular weight excluding hydrogens is 623 g/mol. The van der Waals surface area contributed by atoms with E-state index in [4.69, 9.17) is 9.47 Å². The van der Waals surface area contributed by atoms with Crippen LogP contribution in [0.15, 0.2) is 59.8 Å². The van der Waals surface area contributed by atoms with Gasteiger partial charge >= 0.3 is 6.09 Å². The molecule has 1 aromatic carbocycles. The Morgan fingerprint density at radius 1 is 1.06 bits per heavy atom. The maximum Gasteiger partial charge on any atom is 0.407 e. The van der Waals surface area contributed by atoms with Gasteiger partial charge in [-0.2, -0.15) is 0 Å². The van der Waals surface area contributed by atoms with Gasteiger partial charge in [0.15, 0.2) is 17.0 Å². The number of benzene rings is 1. The van der Waals surface area contributed by atoms with Crippen LogP contribution in [-0.4, -0.2) is 63.4 Å². The summed E-state index contributed by atoms with van der Waals surface area (Å²) < 4.78 is 28.6. The van der Waals surface area contributed by atoms with Gasteiger partial charge in [0, 0.05) is 79.1 Å². The number of hydrogen-bond donors (Lipinski definition) is 1. The zero-order valence-corrected chi connectivity index (χ0v) is 29.2. The smallest absolute Gasteiger partial charge is 0.407 e. The molecule has 0 spiro atoms. The number of aryl methyl sites for hydroxylation is 2. The van der Waals surface area contributed by atoms with Crippen molar-refractivity contribution in [1.82, 2.24) is 24.8 Å². The second kappa shape index (κ2) is 14.5.